The van der Waals surface area contributed by atoms with Gasteiger partial charge in [-0.1, -0.05) is 12.8 Å². The Bertz CT molecular complexity index is 340. The molecule has 0 spiro atoms. The van der Waals surface area contributed by atoms with Crippen molar-refractivity contribution < 1.29 is 0 Å². The summed E-state index contributed by atoms with van der Waals surface area (Å²) < 4.78 is 0. The van der Waals surface area contributed by atoms with E-state index >= 15 is 0 Å². The van der Waals surface area contributed by atoms with Crippen molar-refractivity contribution in [1.29, 1.82) is 0 Å². The Hall–Kier alpha value is -0.0400. The molecular weight excluding hydrogens is 375 g/mol. The van der Waals surface area contributed by atoms with Gasteiger partial charge in [-0.05, 0) is 52.6 Å². The molecule has 0 aromatic carbocycles. The van der Waals surface area contributed by atoms with E-state index in [1.54, 1.807) is 0 Å². The number of nitrogens with zero attached hydrogens (tertiary/aromatic N) is 3. The minimum atomic E-state index is 0. The Morgan fingerprint density at radius 2 is 1.71 bits per heavy atom. The largest absolute Gasteiger partial charge is 0.354 e. The minimum absolute atomic E-state index is 0. The summed E-state index contributed by atoms with van der Waals surface area (Å²) in [5.41, 5.74) is 0.141. The minimum Gasteiger partial charge on any atom is -0.354 e. The van der Waals surface area contributed by atoms with Crippen LogP contribution in [0.4, 0.5) is 0 Å². The van der Waals surface area contributed by atoms with Gasteiger partial charge >= 0.3 is 0 Å². The van der Waals surface area contributed by atoms with Crippen molar-refractivity contribution in [3.8, 4) is 0 Å². The van der Waals surface area contributed by atoms with Crippen LogP contribution in [0.15, 0.2) is 4.99 Å². The maximum atomic E-state index is 4.50. The van der Waals surface area contributed by atoms with Gasteiger partial charge in [0.25, 0.3) is 0 Å². The number of guanidine groups is 1. The van der Waals surface area contributed by atoms with E-state index in [4.69, 9.17) is 0 Å². The van der Waals surface area contributed by atoms with Crippen LogP contribution in [0.3, 0.4) is 0 Å². The molecule has 1 aliphatic heterocycles. The molecule has 2 unspecified atom stereocenters. The molecule has 0 radical (unpaired) electrons. The molecule has 1 heterocycles. The van der Waals surface area contributed by atoms with Gasteiger partial charge in [-0.2, -0.15) is 0 Å². The Balaban J connectivity index is 0.00000220. The van der Waals surface area contributed by atoms with Gasteiger partial charge in [0.05, 0.1) is 0 Å². The van der Waals surface area contributed by atoms with E-state index in [1.165, 1.54) is 38.8 Å². The summed E-state index contributed by atoms with van der Waals surface area (Å²) in [6.07, 6.45) is 5.69. The van der Waals surface area contributed by atoms with Crippen molar-refractivity contribution in [2.75, 3.05) is 40.8 Å². The molecule has 4 nitrogen and oxygen atoms in total. The molecule has 21 heavy (non-hydrogen) atoms. The predicted molar refractivity (Wildman–Crippen MR) is 102 cm³/mol. The van der Waals surface area contributed by atoms with Crippen molar-refractivity contribution in [1.82, 2.24) is 15.1 Å². The molecule has 2 aliphatic rings. The molecule has 0 aromatic rings. The van der Waals surface area contributed by atoms with Crippen molar-refractivity contribution >= 4 is 29.9 Å². The van der Waals surface area contributed by atoms with Crippen molar-refractivity contribution in [2.24, 2.45) is 16.8 Å². The van der Waals surface area contributed by atoms with Gasteiger partial charge in [-0.15, -0.1) is 24.0 Å². The number of fused-ring (bicyclic) bond motifs is 1. The van der Waals surface area contributed by atoms with Crippen LogP contribution in [0, 0.1) is 11.8 Å². The summed E-state index contributed by atoms with van der Waals surface area (Å²) in [6.45, 7) is 7.85. The third-order valence-corrected chi connectivity index (χ3v) is 5.38. The number of hydrogen-bond acceptors (Lipinski definition) is 2. The maximum absolute atomic E-state index is 4.50. The Morgan fingerprint density at radius 3 is 2.14 bits per heavy atom. The van der Waals surface area contributed by atoms with E-state index in [9.17, 15) is 0 Å². The lowest BCUT2D eigenvalue weighted by Crippen LogP contribution is -2.51. The number of likely N-dealkylation sites (tertiary alicyclic amines) is 1. The zero-order valence-electron chi connectivity index (χ0n) is 14.4. The first-order valence-electron chi connectivity index (χ1n) is 8.07. The smallest absolute Gasteiger partial charge is 0.193 e. The SMILES string of the molecule is CN=C(NCC(C)(C)N(C)C)N1CC2CCCCC2C1.I. The van der Waals surface area contributed by atoms with E-state index in [2.05, 4.69) is 48.1 Å². The van der Waals surface area contributed by atoms with Gasteiger partial charge in [-0.25, -0.2) is 0 Å². The third-order valence-electron chi connectivity index (χ3n) is 5.38. The highest BCUT2D eigenvalue weighted by Crippen LogP contribution is 2.35. The van der Waals surface area contributed by atoms with Gasteiger partial charge in [0, 0.05) is 32.2 Å². The van der Waals surface area contributed by atoms with E-state index < -0.39 is 0 Å². The van der Waals surface area contributed by atoms with Crippen molar-refractivity contribution in [3.63, 3.8) is 0 Å². The lowest BCUT2D eigenvalue weighted by atomic mass is 9.82. The van der Waals surface area contributed by atoms with Gasteiger partial charge in [0.15, 0.2) is 5.96 Å². The second-order valence-corrected chi connectivity index (χ2v) is 7.32. The summed E-state index contributed by atoms with van der Waals surface area (Å²) in [6, 6.07) is 0. The molecule has 2 atom stereocenters. The molecule has 0 aromatic heterocycles. The number of likely N-dealkylation sites (N-methyl/N-ethyl adjacent to an activating group) is 1. The van der Waals surface area contributed by atoms with Crippen LogP contribution in [0.25, 0.3) is 0 Å². The molecule has 2 fully saturated rings. The zero-order valence-corrected chi connectivity index (χ0v) is 16.7. The standard InChI is InChI=1S/C16H32N4.HI/c1-16(2,19(4)5)12-18-15(17-3)20-10-13-8-6-7-9-14(13)11-20;/h13-14H,6-12H2,1-5H3,(H,17,18);1H. The highest BCUT2D eigenvalue weighted by Gasteiger charge is 2.35. The van der Waals surface area contributed by atoms with Gasteiger partial charge < -0.3 is 15.1 Å². The number of aliphatic imine (C=N–C) groups is 1. The first kappa shape index (κ1) is 19.0. The van der Waals surface area contributed by atoms with E-state index in [-0.39, 0.29) is 29.5 Å². The first-order chi connectivity index (χ1) is 9.44. The number of halogens is 1. The summed E-state index contributed by atoms with van der Waals surface area (Å²) in [5.74, 6) is 2.91. The lowest BCUT2D eigenvalue weighted by Gasteiger charge is -2.34. The van der Waals surface area contributed by atoms with Crippen LogP contribution < -0.4 is 5.32 Å². The maximum Gasteiger partial charge on any atom is 0.193 e. The van der Waals surface area contributed by atoms with Gasteiger partial charge in [-0.3, -0.25) is 4.99 Å². The summed E-state index contributed by atoms with van der Waals surface area (Å²) in [4.78, 5) is 9.24. The number of nitrogens with one attached hydrogen (secondary N) is 1. The third kappa shape index (κ3) is 4.71. The van der Waals surface area contributed by atoms with Crippen LogP contribution in [0.5, 0.6) is 0 Å². The van der Waals surface area contributed by atoms with E-state index in [0.717, 1.165) is 24.3 Å². The van der Waals surface area contributed by atoms with Gasteiger partial charge in [0.2, 0.25) is 0 Å². The Morgan fingerprint density at radius 1 is 1.19 bits per heavy atom. The molecule has 2 rings (SSSR count). The number of hydrogen-bond donors (Lipinski definition) is 1. The fourth-order valence-corrected chi connectivity index (χ4v) is 3.36. The monoisotopic (exact) mass is 408 g/mol. The predicted octanol–water partition coefficient (Wildman–Crippen LogP) is 2.64. The topological polar surface area (TPSA) is 30.9 Å². The molecule has 0 bridgehead atoms. The average molecular weight is 408 g/mol. The van der Waals surface area contributed by atoms with Crippen LogP contribution in [-0.4, -0.2) is 62.1 Å². The van der Waals surface area contributed by atoms with E-state index in [1.807, 2.05) is 7.05 Å². The average Bonchev–Trinajstić information content (AvgIpc) is 2.82. The molecule has 0 amide bonds. The van der Waals surface area contributed by atoms with E-state index in [0.29, 0.717) is 0 Å². The summed E-state index contributed by atoms with van der Waals surface area (Å²) in [5, 5.41) is 3.58. The Labute approximate surface area is 147 Å². The van der Waals surface area contributed by atoms with Crippen LogP contribution >= 0.6 is 24.0 Å². The second-order valence-electron chi connectivity index (χ2n) is 7.32. The fourth-order valence-electron chi connectivity index (χ4n) is 3.36. The quantitative estimate of drug-likeness (QED) is 0.443. The molecule has 1 saturated heterocycles. The lowest BCUT2D eigenvalue weighted by molar-refractivity contribution is 0.196. The zero-order chi connectivity index (χ0) is 14.8. The van der Waals surface area contributed by atoms with Crippen molar-refractivity contribution in [3.05, 3.63) is 0 Å². The van der Waals surface area contributed by atoms with Crippen LogP contribution in [-0.2, 0) is 0 Å². The molecule has 1 N–H and O–H groups in total. The van der Waals surface area contributed by atoms with Crippen molar-refractivity contribution in [2.45, 2.75) is 45.1 Å². The van der Waals surface area contributed by atoms with Crippen LogP contribution in [0.1, 0.15) is 39.5 Å². The molecule has 1 saturated carbocycles. The molecular formula is C16H33IN4. The Kier molecular flexibility index (Phi) is 7.24. The molecule has 5 heteroatoms. The molecule has 1 aliphatic carbocycles. The summed E-state index contributed by atoms with van der Waals surface area (Å²) in [7, 11) is 6.18. The van der Waals surface area contributed by atoms with Gasteiger partial charge in [0.1, 0.15) is 0 Å². The molecule has 124 valence electrons. The normalized spacial score (nSPS) is 26.6. The number of rotatable bonds is 3. The van der Waals surface area contributed by atoms with Crippen LogP contribution in [0.2, 0.25) is 0 Å². The second kappa shape index (κ2) is 7.99. The first-order valence-corrected chi connectivity index (χ1v) is 8.07. The highest BCUT2D eigenvalue weighted by molar-refractivity contribution is 14.0. The highest BCUT2D eigenvalue weighted by atomic mass is 127. The summed E-state index contributed by atoms with van der Waals surface area (Å²) >= 11 is 0. The fraction of sp³-hybridized carbons (Fsp3) is 0.938.